The first-order valence-electron chi connectivity index (χ1n) is 5.13. The molecule has 0 amide bonds. The number of carboxylic acids is 4. The van der Waals surface area contributed by atoms with E-state index in [-0.39, 0.29) is 44.0 Å². The molecule has 0 rings (SSSR count). The van der Waals surface area contributed by atoms with Crippen LogP contribution in [0.1, 0.15) is 38.5 Å². The summed E-state index contributed by atoms with van der Waals surface area (Å²) in [6, 6.07) is 0. The van der Waals surface area contributed by atoms with Crippen LogP contribution < -0.4 is 0 Å². The van der Waals surface area contributed by atoms with E-state index in [0.717, 1.165) is 0 Å². The predicted molar refractivity (Wildman–Crippen MR) is 61.9 cm³/mol. The van der Waals surface area contributed by atoms with Crippen LogP contribution in [0.2, 0.25) is 0 Å². The predicted octanol–water partition coefficient (Wildman–Crippen LogP) is -0.173. The highest BCUT2D eigenvalue weighted by Crippen LogP contribution is 1.94. The maximum atomic E-state index is 9.79. The minimum atomic E-state index is -0.948. The van der Waals surface area contributed by atoms with Gasteiger partial charge in [-0.3, -0.25) is 19.2 Å². The van der Waals surface area contributed by atoms with E-state index in [2.05, 4.69) is 0 Å². The summed E-state index contributed by atoms with van der Waals surface area (Å²) in [6.07, 6.45) is 0.173. The number of hydrogen-bond donors (Lipinski definition) is 4. The van der Waals surface area contributed by atoms with Gasteiger partial charge in [0, 0.05) is 25.7 Å². The summed E-state index contributed by atoms with van der Waals surface area (Å²) in [5.41, 5.74) is 0. The Bertz CT molecular complexity index is 239. The minimum Gasteiger partial charge on any atom is -0.481 e. The SMILES string of the molecule is O.O=C(O)CCCC(=O)O.O=C(O)CCCC(=O)O. The van der Waals surface area contributed by atoms with Crippen LogP contribution in [0.15, 0.2) is 0 Å². The van der Waals surface area contributed by atoms with Gasteiger partial charge >= 0.3 is 23.9 Å². The van der Waals surface area contributed by atoms with Gasteiger partial charge in [0.25, 0.3) is 0 Å². The topological polar surface area (TPSA) is 181 Å². The lowest BCUT2D eigenvalue weighted by atomic mass is 10.2. The fourth-order valence-electron chi connectivity index (χ4n) is 0.782. The van der Waals surface area contributed by atoms with Gasteiger partial charge in [0.2, 0.25) is 0 Å². The van der Waals surface area contributed by atoms with Crippen molar-refractivity contribution in [1.29, 1.82) is 0 Å². The van der Waals surface area contributed by atoms with Gasteiger partial charge in [0.15, 0.2) is 0 Å². The molecule has 19 heavy (non-hydrogen) atoms. The third-order valence-electron chi connectivity index (χ3n) is 1.56. The highest BCUT2D eigenvalue weighted by atomic mass is 16.4. The molecule has 0 saturated heterocycles. The lowest BCUT2D eigenvalue weighted by molar-refractivity contribution is -0.140. The van der Waals surface area contributed by atoms with Crippen molar-refractivity contribution in [2.24, 2.45) is 0 Å². The van der Waals surface area contributed by atoms with Gasteiger partial charge in [-0.25, -0.2) is 0 Å². The normalized spacial score (nSPS) is 8.42. The van der Waals surface area contributed by atoms with Gasteiger partial charge in [-0.2, -0.15) is 0 Å². The summed E-state index contributed by atoms with van der Waals surface area (Å²) in [6.45, 7) is 0. The zero-order valence-electron chi connectivity index (χ0n) is 10.2. The number of carboxylic acid groups (broad SMARTS) is 4. The van der Waals surface area contributed by atoms with Crippen LogP contribution >= 0.6 is 0 Å². The first-order chi connectivity index (χ1) is 8.25. The fraction of sp³-hybridized carbons (Fsp3) is 0.600. The number of hydrogen-bond acceptors (Lipinski definition) is 4. The largest absolute Gasteiger partial charge is 0.481 e. The number of rotatable bonds is 8. The molecule has 9 nitrogen and oxygen atoms in total. The Morgan fingerprint density at radius 1 is 0.526 bits per heavy atom. The van der Waals surface area contributed by atoms with Gasteiger partial charge in [0.1, 0.15) is 0 Å². The number of carbonyl (C=O) groups is 4. The second kappa shape index (κ2) is 13.9. The van der Waals surface area contributed by atoms with Crippen LogP contribution in [0, 0.1) is 0 Å². The molecular formula is C10H18O9. The third-order valence-corrected chi connectivity index (χ3v) is 1.56. The van der Waals surface area contributed by atoms with Crippen molar-refractivity contribution in [3.05, 3.63) is 0 Å². The molecule has 9 heteroatoms. The molecule has 0 unspecified atom stereocenters. The first-order valence-corrected chi connectivity index (χ1v) is 5.13. The van der Waals surface area contributed by atoms with Crippen molar-refractivity contribution in [1.82, 2.24) is 0 Å². The van der Waals surface area contributed by atoms with Crippen LogP contribution in [-0.4, -0.2) is 49.8 Å². The van der Waals surface area contributed by atoms with Crippen LogP contribution in [-0.2, 0) is 19.2 Å². The van der Waals surface area contributed by atoms with Crippen molar-refractivity contribution < 1.29 is 45.1 Å². The smallest absolute Gasteiger partial charge is 0.303 e. The minimum absolute atomic E-state index is 0. The summed E-state index contributed by atoms with van der Waals surface area (Å²) in [4.78, 5) is 39.2. The highest BCUT2D eigenvalue weighted by molar-refractivity contribution is 5.70. The molecule has 0 aliphatic heterocycles. The Labute approximate surface area is 108 Å². The lowest BCUT2D eigenvalue weighted by Gasteiger charge is -1.89. The zero-order chi connectivity index (χ0) is 14.6. The van der Waals surface area contributed by atoms with Crippen LogP contribution in [0.3, 0.4) is 0 Å². The van der Waals surface area contributed by atoms with Crippen LogP contribution in [0.25, 0.3) is 0 Å². The van der Waals surface area contributed by atoms with Crippen molar-refractivity contribution in [2.45, 2.75) is 38.5 Å². The maximum Gasteiger partial charge on any atom is 0.303 e. The molecule has 0 bridgehead atoms. The summed E-state index contributed by atoms with van der Waals surface area (Å²) < 4.78 is 0. The van der Waals surface area contributed by atoms with Crippen molar-refractivity contribution in [3.8, 4) is 0 Å². The molecule has 0 radical (unpaired) electrons. The molecule has 0 fully saturated rings. The Balaban J connectivity index is -0.000000256. The molecular weight excluding hydrogens is 264 g/mol. The zero-order valence-corrected chi connectivity index (χ0v) is 10.2. The Hall–Kier alpha value is -2.16. The summed E-state index contributed by atoms with van der Waals surface area (Å²) >= 11 is 0. The van der Waals surface area contributed by atoms with E-state index in [1.54, 1.807) is 0 Å². The Morgan fingerprint density at radius 3 is 0.789 bits per heavy atom. The van der Waals surface area contributed by atoms with Crippen molar-refractivity contribution in [3.63, 3.8) is 0 Å². The molecule has 0 spiro atoms. The molecule has 0 heterocycles. The van der Waals surface area contributed by atoms with Crippen LogP contribution in [0.4, 0.5) is 0 Å². The average Bonchev–Trinajstić information content (AvgIpc) is 2.15. The molecule has 0 aliphatic rings. The van der Waals surface area contributed by atoms with E-state index in [1.165, 1.54) is 0 Å². The summed E-state index contributed by atoms with van der Waals surface area (Å²) in [5.74, 6) is -3.79. The van der Waals surface area contributed by atoms with Gasteiger partial charge in [-0.15, -0.1) is 0 Å². The van der Waals surface area contributed by atoms with E-state index in [1.807, 2.05) is 0 Å². The van der Waals surface area contributed by atoms with E-state index in [0.29, 0.717) is 0 Å². The number of aliphatic carboxylic acids is 4. The molecule has 112 valence electrons. The summed E-state index contributed by atoms with van der Waals surface area (Å²) in [7, 11) is 0. The molecule has 0 atom stereocenters. The fourth-order valence-corrected chi connectivity index (χ4v) is 0.782. The van der Waals surface area contributed by atoms with Gasteiger partial charge in [-0.1, -0.05) is 0 Å². The standard InChI is InChI=1S/2C5H8O4.H2O/c2*6-4(7)2-1-3-5(8)9;/h2*1-3H2,(H,6,7)(H,8,9);1H2. The Kier molecular flexibility index (Phi) is 16.1. The van der Waals surface area contributed by atoms with Crippen molar-refractivity contribution >= 4 is 23.9 Å². The monoisotopic (exact) mass is 282 g/mol. The lowest BCUT2D eigenvalue weighted by Crippen LogP contribution is -1.98. The second-order valence-corrected chi connectivity index (χ2v) is 3.28. The third kappa shape index (κ3) is 31.3. The van der Waals surface area contributed by atoms with Gasteiger partial charge in [-0.05, 0) is 12.8 Å². The van der Waals surface area contributed by atoms with E-state index < -0.39 is 23.9 Å². The van der Waals surface area contributed by atoms with E-state index in [9.17, 15) is 19.2 Å². The Morgan fingerprint density at radius 2 is 0.684 bits per heavy atom. The van der Waals surface area contributed by atoms with Crippen molar-refractivity contribution in [2.75, 3.05) is 0 Å². The molecule has 0 aromatic carbocycles. The van der Waals surface area contributed by atoms with Gasteiger partial charge in [0.05, 0.1) is 0 Å². The molecule has 0 aromatic rings. The molecule has 0 aromatic heterocycles. The maximum absolute atomic E-state index is 9.79. The molecule has 0 aliphatic carbocycles. The highest BCUT2D eigenvalue weighted by Gasteiger charge is 2.00. The van der Waals surface area contributed by atoms with E-state index >= 15 is 0 Å². The van der Waals surface area contributed by atoms with Crippen LogP contribution in [0.5, 0.6) is 0 Å². The van der Waals surface area contributed by atoms with E-state index in [4.69, 9.17) is 20.4 Å². The first kappa shape index (κ1) is 22.1. The van der Waals surface area contributed by atoms with Gasteiger partial charge < -0.3 is 25.9 Å². The molecule has 0 saturated carbocycles. The summed E-state index contributed by atoms with van der Waals surface area (Å²) in [5, 5.41) is 32.1. The second-order valence-electron chi connectivity index (χ2n) is 3.28. The molecule has 6 N–H and O–H groups in total. The quantitative estimate of drug-likeness (QED) is 0.473. The average molecular weight is 282 g/mol.